The molecule has 0 radical (unpaired) electrons. The molecule has 3 aromatic rings. The molecule has 7 heteroatoms. The van der Waals surface area contributed by atoms with E-state index in [1.165, 1.54) is 0 Å². The lowest BCUT2D eigenvalue weighted by molar-refractivity contribution is -0.130. The first-order chi connectivity index (χ1) is 14.4. The van der Waals surface area contributed by atoms with Gasteiger partial charge in [0.1, 0.15) is 5.58 Å². The Morgan fingerprint density at radius 3 is 2.53 bits per heavy atom. The Morgan fingerprint density at radius 2 is 1.83 bits per heavy atom. The summed E-state index contributed by atoms with van der Waals surface area (Å²) >= 11 is 0. The first kappa shape index (κ1) is 20.6. The molecule has 4 rings (SSSR count). The van der Waals surface area contributed by atoms with Crippen molar-refractivity contribution in [1.82, 2.24) is 9.21 Å². The smallest absolute Gasteiger partial charge is 0.243 e. The number of rotatable bonds is 6. The van der Waals surface area contributed by atoms with E-state index in [1.54, 1.807) is 41.8 Å². The summed E-state index contributed by atoms with van der Waals surface area (Å²) in [6.07, 6.45) is 3.04. The Labute approximate surface area is 177 Å². The van der Waals surface area contributed by atoms with E-state index in [0.29, 0.717) is 42.6 Å². The maximum atomic E-state index is 13.1. The predicted octanol–water partition coefficient (Wildman–Crippen LogP) is 3.88. The summed E-state index contributed by atoms with van der Waals surface area (Å²) < 4.78 is 33.0. The minimum Gasteiger partial charge on any atom is -0.464 e. The van der Waals surface area contributed by atoms with Crippen LogP contribution < -0.4 is 0 Å². The molecule has 0 spiro atoms. The summed E-state index contributed by atoms with van der Waals surface area (Å²) in [5, 5.41) is 0.781. The fourth-order valence-corrected chi connectivity index (χ4v) is 5.51. The molecule has 1 saturated heterocycles. The molecule has 158 valence electrons. The van der Waals surface area contributed by atoms with E-state index in [-0.39, 0.29) is 5.91 Å². The minimum absolute atomic E-state index is 0.0438. The second kappa shape index (κ2) is 8.62. The van der Waals surface area contributed by atoms with Crippen molar-refractivity contribution in [3.8, 4) is 0 Å². The Bertz CT molecular complexity index is 1120. The van der Waals surface area contributed by atoms with Crippen LogP contribution in [0.25, 0.3) is 11.0 Å². The topological polar surface area (TPSA) is 70.8 Å². The van der Waals surface area contributed by atoms with E-state index in [4.69, 9.17) is 4.42 Å². The van der Waals surface area contributed by atoms with Gasteiger partial charge in [0.25, 0.3) is 0 Å². The van der Waals surface area contributed by atoms with Gasteiger partial charge in [0, 0.05) is 38.5 Å². The number of sulfonamides is 1. The Hall–Kier alpha value is -2.64. The third-order valence-corrected chi connectivity index (χ3v) is 7.67. The van der Waals surface area contributed by atoms with Crippen LogP contribution in [0.4, 0.5) is 0 Å². The molecule has 30 heavy (non-hydrogen) atoms. The molecule has 0 N–H and O–H groups in total. The molecule has 1 aliphatic rings. The van der Waals surface area contributed by atoms with Crippen LogP contribution in [0.3, 0.4) is 0 Å². The SMILES string of the molecule is CC(=O)N(Cc1ccccc1)CC1CCN(S(=O)(=O)c2ccc3occc3c2)CC1. The van der Waals surface area contributed by atoms with Crippen LogP contribution in [0.1, 0.15) is 25.3 Å². The van der Waals surface area contributed by atoms with Crippen LogP contribution in [-0.4, -0.2) is 43.2 Å². The van der Waals surface area contributed by atoms with E-state index >= 15 is 0 Å². The molecule has 0 saturated carbocycles. The van der Waals surface area contributed by atoms with Gasteiger partial charge in [0.05, 0.1) is 11.2 Å². The molecule has 0 aliphatic carbocycles. The number of furan rings is 1. The Kier molecular flexibility index (Phi) is 5.92. The second-order valence-electron chi connectivity index (χ2n) is 7.85. The molecular weight excluding hydrogens is 400 g/mol. The van der Waals surface area contributed by atoms with Crippen LogP contribution in [0.2, 0.25) is 0 Å². The highest BCUT2D eigenvalue weighted by Crippen LogP contribution is 2.27. The number of hydrogen-bond acceptors (Lipinski definition) is 4. The Balaban J connectivity index is 1.39. The lowest BCUT2D eigenvalue weighted by Gasteiger charge is -2.34. The van der Waals surface area contributed by atoms with Gasteiger partial charge < -0.3 is 9.32 Å². The molecule has 6 nitrogen and oxygen atoms in total. The molecule has 0 atom stereocenters. The van der Waals surface area contributed by atoms with Crippen molar-refractivity contribution in [2.75, 3.05) is 19.6 Å². The molecule has 2 heterocycles. The van der Waals surface area contributed by atoms with E-state index in [1.807, 2.05) is 35.2 Å². The molecule has 0 unspecified atom stereocenters. The van der Waals surface area contributed by atoms with Gasteiger partial charge in [0.2, 0.25) is 15.9 Å². The number of benzene rings is 2. The van der Waals surface area contributed by atoms with Gasteiger partial charge in [-0.1, -0.05) is 30.3 Å². The van der Waals surface area contributed by atoms with Crippen LogP contribution >= 0.6 is 0 Å². The van der Waals surface area contributed by atoms with Crippen molar-refractivity contribution in [2.45, 2.75) is 31.2 Å². The fourth-order valence-electron chi connectivity index (χ4n) is 4.01. The largest absolute Gasteiger partial charge is 0.464 e. The average molecular weight is 427 g/mol. The summed E-state index contributed by atoms with van der Waals surface area (Å²) in [5.74, 6) is 0.336. The number of carbonyl (C=O) groups is 1. The first-order valence-corrected chi connectivity index (χ1v) is 11.6. The zero-order chi connectivity index (χ0) is 21.1. The summed E-state index contributed by atoms with van der Waals surface area (Å²) in [4.78, 5) is 14.3. The van der Waals surface area contributed by atoms with Gasteiger partial charge in [-0.2, -0.15) is 4.31 Å². The van der Waals surface area contributed by atoms with Gasteiger partial charge in [-0.15, -0.1) is 0 Å². The standard InChI is InChI=1S/C23H26N2O4S/c1-18(26)24(16-19-5-3-2-4-6-19)17-20-9-12-25(13-10-20)30(27,28)22-7-8-23-21(15-22)11-14-29-23/h2-8,11,14-15,20H,9-10,12-13,16-17H2,1H3. The quantitative estimate of drug-likeness (QED) is 0.600. The normalized spacial score (nSPS) is 16.0. The van der Waals surface area contributed by atoms with Gasteiger partial charge in [-0.05, 0) is 48.6 Å². The molecular formula is C23H26N2O4S. The summed E-state index contributed by atoms with van der Waals surface area (Å²) in [6, 6.07) is 16.7. The minimum atomic E-state index is -3.54. The van der Waals surface area contributed by atoms with Crippen molar-refractivity contribution in [3.63, 3.8) is 0 Å². The summed E-state index contributed by atoms with van der Waals surface area (Å²) in [6.45, 7) is 3.76. The van der Waals surface area contributed by atoms with Crippen molar-refractivity contribution >= 4 is 26.9 Å². The van der Waals surface area contributed by atoms with Gasteiger partial charge in [0.15, 0.2) is 0 Å². The Morgan fingerprint density at radius 1 is 1.10 bits per heavy atom. The molecule has 1 aliphatic heterocycles. The second-order valence-corrected chi connectivity index (χ2v) is 9.79. The van der Waals surface area contributed by atoms with Crippen molar-refractivity contribution in [2.24, 2.45) is 5.92 Å². The summed E-state index contributed by atoms with van der Waals surface area (Å²) in [5.41, 5.74) is 1.78. The third-order valence-electron chi connectivity index (χ3n) is 5.78. The van der Waals surface area contributed by atoms with Gasteiger partial charge >= 0.3 is 0 Å². The van der Waals surface area contributed by atoms with Crippen molar-refractivity contribution in [3.05, 3.63) is 66.4 Å². The number of carbonyl (C=O) groups excluding carboxylic acids is 1. The van der Waals surface area contributed by atoms with E-state index in [0.717, 1.165) is 23.8 Å². The van der Waals surface area contributed by atoms with Crippen molar-refractivity contribution in [1.29, 1.82) is 0 Å². The van der Waals surface area contributed by atoms with E-state index in [2.05, 4.69) is 0 Å². The van der Waals surface area contributed by atoms with Gasteiger partial charge in [-0.3, -0.25) is 4.79 Å². The highest BCUT2D eigenvalue weighted by molar-refractivity contribution is 7.89. The molecule has 1 fully saturated rings. The zero-order valence-corrected chi connectivity index (χ0v) is 17.8. The monoisotopic (exact) mass is 426 g/mol. The number of hydrogen-bond donors (Lipinski definition) is 0. The summed E-state index contributed by atoms with van der Waals surface area (Å²) in [7, 11) is -3.54. The van der Waals surface area contributed by atoms with E-state index in [9.17, 15) is 13.2 Å². The number of nitrogens with zero attached hydrogens (tertiary/aromatic N) is 2. The zero-order valence-electron chi connectivity index (χ0n) is 17.0. The molecule has 0 bridgehead atoms. The van der Waals surface area contributed by atoms with E-state index < -0.39 is 10.0 Å². The number of fused-ring (bicyclic) bond motifs is 1. The molecule has 2 aromatic carbocycles. The lowest BCUT2D eigenvalue weighted by atomic mass is 9.97. The van der Waals surface area contributed by atoms with Crippen molar-refractivity contribution < 1.29 is 17.6 Å². The third kappa shape index (κ3) is 4.42. The maximum absolute atomic E-state index is 13.1. The number of amides is 1. The van der Waals surface area contributed by atoms with Crippen LogP contribution in [0, 0.1) is 5.92 Å². The lowest BCUT2D eigenvalue weighted by Crippen LogP contribution is -2.42. The average Bonchev–Trinajstić information content (AvgIpc) is 3.22. The molecule has 1 aromatic heterocycles. The first-order valence-electron chi connectivity index (χ1n) is 10.2. The van der Waals surface area contributed by atoms with Gasteiger partial charge in [-0.25, -0.2) is 8.42 Å². The van der Waals surface area contributed by atoms with Crippen LogP contribution in [0.15, 0.2) is 70.2 Å². The van der Waals surface area contributed by atoms with Crippen LogP contribution in [-0.2, 0) is 21.4 Å². The molecule has 1 amide bonds. The highest BCUT2D eigenvalue weighted by Gasteiger charge is 2.30. The fraction of sp³-hybridized carbons (Fsp3) is 0.348. The van der Waals surface area contributed by atoms with Crippen LogP contribution in [0.5, 0.6) is 0 Å². The number of piperidine rings is 1. The maximum Gasteiger partial charge on any atom is 0.243 e. The predicted molar refractivity (Wildman–Crippen MR) is 115 cm³/mol. The highest BCUT2D eigenvalue weighted by atomic mass is 32.2.